The lowest BCUT2D eigenvalue weighted by Gasteiger charge is -2.34. The van der Waals surface area contributed by atoms with Crippen molar-refractivity contribution in [3.05, 3.63) is 30.5 Å². The van der Waals surface area contributed by atoms with Crippen LogP contribution < -0.4 is 15.4 Å². The summed E-state index contributed by atoms with van der Waals surface area (Å²) in [6.45, 7) is -0.364. The van der Waals surface area contributed by atoms with E-state index in [2.05, 4.69) is 25.8 Å². The third-order valence-electron chi connectivity index (χ3n) is 6.03. The molecule has 0 bridgehead atoms. The number of piperidine rings is 1. The van der Waals surface area contributed by atoms with Gasteiger partial charge in [0.05, 0.1) is 31.9 Å². The maximum atomic E-state index is 14.7. The molecule has 1 aliphatic heterocycles. The second-order valence-electron chi connectivity index (χ2n) is 8.79. The van der Waals surface area contributed by atoms with Crippen molar-refractivity contribution < 1.29 is 27.8 Å². The number of anilines is 2. The number of halogens is 3. The van der Waals surface area contributed by atoms with Crippen molar-refractivity contribution in [2.75, 3.05) is 44.0 Å². The van der Waals surface area contributed by atoms with Crippen LogP contribution in [0.5, 0.6) is 5.88 Å². The number of aliphatic hydroxyl groups is 1. The number of hydrogen-bond donors (Lipinski definition) is 4. The topological polar surface area (TPSA) is 140 Å². The van der Waals surface area contributed by atoms with Crippen molar-refractivity contribution in [1.29, 1.82) is 5.53 Å². The predicted molar refractivity (Wildman–Crippen MR) is 129 cm³/mol. The second kappa shape index (κ2) is 10.6. The Bertz CT molecular complexity index is 1300. The third-order valence-corrected chi connectivity index (χ3v) is 6.03. The van der Waals surface area contributed by atoms with Crippen LogP contribution in [0.2, 0.25) is 0 Å². The summed E-state index contributed by atoms with van der Waals surface area (Å²) in [4.78, 5) is 17.3. The minimum atomic E-state index is -2.96. The monoisotopic (exact) mass is 520 g/mol. The Kier molecular flexibility index (Phi) is 7.47. The number of aliphatic hydroxyl groups excluding tert-OH is 1. The molecule has 198 valence electrons. The molecule has 0 unspecified atom stereocenters. The Morgan fingerprint density at radius 2 is 2.16 bits per heavy atom. The zero-order valence-electron chi connectivity index (χ0n) is 20.2. The quantitative estimate of drug-likeness (QED) is 0.317. The number of aromatic nitrogens is 3. The van der Waals surface area contributed by atoms with Gasteiger partial charge >= 0.3 is 0 Å². The highest BCUT2D eigenvalue weighted by Crippen LogP contribution is 2.36. The van der Waals surface area contributed by atoms with Gasteiger partial charge in [0, 0.05) is 25.2 Å². The number of likely N-dealkylation sites (tertiary alicyclic amines) is 1. The highest BCUT2D eigenvalue weighted by atomic mass is 19.3. The number of carbonyl (C=O) groups excluding carboxylic acids is 1. The van der Waals surface area contributed by atoms with Crippen LogP contribution in [-0.2, 0) is 4.79 Å². The molecule has 37 heavy (non-hydrogen) atoms. The van der Waals surface area contributed by atoms with Gasteiger partial charge in [-0.2, -0.15) is 10.1 Å². The molecule has 2 atom stereocenters. The van der Waals surface area contributed by atoms with Crippen LogP contribution in [0.25, 0.3) is 16.6 Å². The molecule has 4 N–H and O–H groups in total. The fourth-order valence-corrected chi connectivity index (χ4v) is 4.18. The number of methoxy groups -OCH3 is 1. The maximum absolute atomic E-state index is 14.7. The zero-order chi connectivity index (χ0) is 26.7. The van der Waals surface area contributed by atoms with E-state index in [1.165, 1.54) is 16.5 Å². The fourth-order valence-electron chi connectivity index (χ4n) is 4.18. The number of hydrogen-bond acceptors (Lipinski definition) is 9. The number of alkyl halides is 3. The van der Waals surface area contributed by atoms with Crippen molar-refractivity contribution in [3.8, 4) is 17.0 Å². The normalized spacial score (nSPS) is 18.1. The van der Waals surface area contributed by atoms with Crippen molar-refractivity contribution in [1.82, 2.24) is 19.5 Å². The summed E-state index contributed by atoms with van der Waals surface area (Å²) in [5, 5.41) is 22.4. The van der Waals surface area contributed by atoms with Gasteiger partial charge in [0.1, 0.15) is 24.0 Å². The van der Waals surface area contributed by atoms with Gasteiger partial charge in [0.25, 0.3) is 5.92 Å². The molecular weight excluding hydrogens is 493 g/mol. The minimum absolute atomic E-state index is 0.122. The molecule has 0 spiro atoms. The first-order valence-corrected chi connectivity index (χ1v) is 11.5. The largest absolute Gasteiger partial charge is 0.479 e. The molecule has 3 aromatic rings. The SMILES string of the molecule is COc1nc(N[C@H]2CCN(C(=O)CO)C[C@H]2F)nn2ccc(-c3ccc(N=N)c(NCC(C)(F)F)c3)c12. The first-order valence-electron chi connectivity index (χ1n) is 11.5. The molecule has 11 nitrogen and oxygen atoms in total. The summed E-state index contributed by atoms with van der Waals surface area (Å²) in [5.41, 5.74) is 9.58. The van der Waals surface area contributed by atoms with E-state index in [0.717, 1.165) is 6.92 Å². The van der Waals surface area contributed by atoms with Gasteiger partial charge in [0.15, 0.2) is 0 Å². The average Bonchev–Trinajstić information content (AvgIpc) is 3.31. The van der Waals surface area contributed by atoms with Gasteiger partial charge < -0.3 is 25.4 Å². The van der Waals surface area contributed by atoms with Gasteiger partial charge in [0.2, 0.25) is 17.7 Å². The minimum Gasteiger partial charge on any atom is -0.479 e. The maximum Gasteiger partial charge on any atom is 0.262 e. The molecule has 0 radical (unpaired) electrons. The van der Waals surface area contributed by atoms with Crippen LogP contribution in [-0.4, -0.2) is 82.0 Å². The van der Waals surface area contributed by atoms with E-state index in [-0.39, 0.29) is 36.3 Å². The molecule has 1 aromatic carbocycles. The lowest BCUT2D eigenvalue weighted by Crippen LogP contribution is -2.50. The molecule has 1 fully saturated rings. The predicted octanol–water partition coefficient (Wildman–Crippen LogP) is 3.48. The van der Waals surface area contributed by atoms with Crippen LogP contribution in [0.1, 0.15) is 13.3 Å². The summed E-state index contributed by atoms with van der Waals surface area (Å²) in [7, 11) is 1.43. The molecule has 1 saturated heterocycles. The number of benzene rings is 1. The van der Waals surface area contributed by atoms with E-state index in [1.807, 2.05) is 0 Å². The van der Waals surface area contributed by atoms with Gasteiger partial charge in [-0.3, -0.25) is 4.79 Å². The first kappa shape index (κ1) is 26.1. The Balaban J connectivity index is 1.61. The summed E-state index contributed by atoms with van der Waals surface area (Å²) >= 11 is 0. The number of ether oxygens (including phenoxy) is 1. The van der Waals surface area contributed by atoms with Gasteiger partial charge in [-0.05, 0) is 30.2 Å². The zero-order valence-corrected chi connectivity index (χ0v) is 20.2. The molecule has 14 heteroatoms. The fraction of sp³-hybridized carbons (Fsp3) is 0.435. The smallest absolute Gasteiger partial charge is 0.262 e. The van der Waals surface area contributed by atoms with Crippen molar-refractivity contribution >= 4 is 28.7 Å². The number of nitrogens with one attached hydrogen (secondary N) is 3. The number of amides is 1. The van der Waals surface area contributed by atoms with E-state index in [1.54, 1.807) is 30.5 Å². The standard InChI is InChI=1S/C23H27F3N8O3/c1-23(25,26)12-28-18-9-13(3-4-17(18)31-27)14-5-8-34-20(14)21(37-2)30-22(32-34)29-16-6-7-33(10-15(16)24)19(36)11-35/h3-5,8-9,15-16,27-28,35H,6-7,10-12H2,1-2H3,(H,29,32)/t15-,16+/m1/s1. The van der Waals surface area contributed by atoms with Crippen molar-refractivity contribution in [2.45, 2.75) is 31.5 Å². The highest BCUT2D eigenvalue weighted by Gasteiger charge is 2.32. The third kappa shape index (κ3) is 5.74. The van der Waals surface area contributed by atoms with Crippen LogP contribution in [0.3, 0.4) is 0 Å². The molecule has 0 aliphatic carbocycles. The van der Waals surface area contributed by atoms with Crippen LogP contribution in [0.4, 0.5) is 30.5 Å². The van der Waals surface area contributed by atoms with E-state index < -0.39 is 37.2 Å². The van der Waals surface area contributed by atoms with E-state index >= 15 is 0 Å². The Hall–Kier alpha value is -3.94. The Morgan fingerprint density at radius 1 is 1.38 bits per heavy atom. The van der Waals surface area contributed by atoms with E-state index in [9.17, 15) is 18.0 Å². The Morgan fingerprint density at radius 3 is 2.81 bits per heavy atom. The number of nitrogens with zero attached hydrogens (tertiary/aromatic N) is 5. The molecule has 2 aromatic heterocycles. The first-order chi connectivity index (χ1) is 17.6. The molecular formula is C23H27F3N8O3. The van der Waals surface area contributed by atoms with Gasteiger partial charge in [-0.15, -0.1) is 5.10 Å². The number of fused-ring (bicyclic) bond motifs is 1. The second-order valence-corrected chi connectivity index (χ2v) is 8.79. The van der Waals surface area contributed by atoms with E-state index in [4.69, 9.17) is 15.4 Å². The summed E-state index contributed by atoms with van der Waals surface area (Å²) < 4.78 is 48.5. The molecule has 1 aliphatic rings. The summed E-state index contributed by atoms with van der Waals surface area (Å²) in [5.74, 6) is -3.16. The van der Waals surface area contributed by atoms with Crippen molar-refractivity contribution in [2.24, 2.45) is 5.11 Å². The van der Waals surface area contributed by atoms with Gasteiger partial charge in [-0.1, -0.05) is 6.07 Å². The lowest BCUT2D eigenvalue weighted by atomic mass is 10.0. The molecule has 1 amide bonds. The van der Waals surface area contributed by atoms with E-state index in [0.29, 0.717) is 23.1 Å². The van der Waals surface area contributed by atoms with Gasteiger partial charge in [-0.25, -0.2) is 23.2 Å². The summed E-state index contributed by atoms with van der Waals surface area (Å²) in [6.07, 6.45) is 0.566. The Labute approximate surface area is 210 Å². The molecule has 0 saturated carbocycles. The van der Waals surface area contributed by atoms with Crippen LogP contribution in [0, 0.1) is 5.53 Å². The highest BCUT2D eigenvalue weighted by molar-refractivity contribution is 5.87. The molecule has 4 rings (SSSR count). The van der Waals surface area contributed by atoms with Crippen LogP contribution in [0.15, 0.2) is 35.6 Å². The number of rotatable bonds is 9. The lowest BCUT2D eigenvalue weighted by molar-refractivity contribution is -0.136. The number of carbonyl (C=O) groups is 1. The summed E-state index contributed by atoms with van der Waals surface area (Å²) in [6, 6.07) is 5.94. The van der Waals surface area contributed by atoms with Crippen molar-refractivity contribution in [3.63, 3.8) is 0 Å². The molecule has 3 heterocycles. The van der Waals surface area contributed by atoms with Crippen LogP contribution >= 0.6 is 0 Å². The average molecular weight is 521 g/mol.